The van der Waals surface area contributed by atoms with Crippen LogP contribution in [-0.2, 0) is 0 Å². The summed E-state index contributed by atoms with van der Waals surface area (Å²) in [6.45, 7) is 7.79. The molecule has 0 aliphatic rings. The zero-order valence-corrected chi connectivity index (χ0v) is 13.6. The van der Waals surface area contributed by atoms with E-state index in [-0.39, 0.29) is 0 Å². The fourth-order valence-electron chi connectivity index (χ4n) is 3.39. The highest BCUT2D eigenvalue weighted by molar-refractivity contribution is 5.85. The zero-order valence-electron chi connectivity index (χ0n) is 13.6. The van der Waals surface area contributed by atoms with Crippen LogP contribution >= 0.6 is 0 Å². The predicted octanol–water partition coefficient (Wildman–Crippen LogP) is 5.10. The second-order valence-electron chi connectivity index (χ2n) is 5.82. The molecule has 0 aliphatic carbocycles. The van der Waals surface area contributed by atoms with Crippen LogP contribution in [0.1, 0.15) is 58.1 Å². The van der Waals surface area contributed by atoms with Gasteiger partial charge in [-0.25, -0.2) is 0 Å². The number of nitrogens with zero attached hydrogens (tertiary/aromatic N) is 1. The molecule has 0 bridgehead atoms. The fourth-order valence-corrected chi connectivity index (χ4v) is 3.39. The van der Waals surface area contributed by atoms with E-state index in [0.717, 1.165) is 6.54 Å². The van der Waals surface area contributed by atoms with Crippen molar-refractivity contribution in [2.45, 2.75) is 52.5 Å². The van der Waals surface area contributed by atoms with E-state index in [0.29, 0.717) is 12.0 Å². The molecular formula is C19H28N2. The van der Waals surface area contributed by atoms with Gasteiger partial charge in [-0.15, -0.1) is 0 Å². The first-order valence-corrected chi connectivity index (χ1v) is 8.37. The standard InChI is InChI=1S/C19H28N2/c1-4-8-15(9-5-2)19(21-6-3)18-11-7-10-16-14-20-13-12-17(16)18/h7,10-15,19,21H,4-6,8-9H2,1-3H3. The van der Waals surface area contributed by atoms with Gasteiger partial charge in [-0.3, -0.25) is 4.98 Å². The van der Waals surface area contributed by atoms with Crippen molar-refractivity contribution in [1.29, 1.82) is 0 Å². The highest BCUT2D eigenvalue weighted by Crippen LogP contribution is 2.33. The number of hydrogen-bond acceptors (Lipinski definition) is 2. The topological polar surface area (TPSA) is 24.9 Å². The Morgan fingerprint density at radius 2 is 1.81 bits per heavy atom. The third kappa shape index (κ3) is 3.82. The third-order valence-corrected chi connectivity index (χ3v) is 4.26. The van der Waals surface area contributed by atoms with E-state index < -0.39 is 0 Å². The number of benzene rings is 1. The first kappa shape index (κ1) is 16.0. The molecule has 0 spiro atoms. The van der Waals surface area contributed by atoms with Crippen LogP contribution in [0.5, 0.6) is 0 Å². The SMILES string of the molecule is CCCC(CCC)C(NCC)c1cccc2cnccc12. The molecule has 21 heavy (non-hydrogen) atoms. The summed E-state index contributed by atoms with van der Waals surface area (Å²) in [7, 11) is 0. The summed E-state index contributed by atoms with van der Waals surface area (Å²) < 4.78 is 0. The van der Waals surface area contributed by atoms with E-state index in [4.69, 9.17) is 0 Å². The Kier molecular flexibility index (Phi) is 6.19. The van der Waals surface area contributed by atoms with Crippen LogP contribution in [0.4, 0.5) is 0 Å². The summed E-state index contributed by atoms with van der Waals surface area (Å²) in [6, 6.07) is 9.21. The van der Waals surface area contributed by atoms with Gasteiger partial charge in [0.1, 0.15) is 0 Å². The van der Waals surface area contributed by atoms with Gasteiger partial charge in [0.05, 0.1) is 0 Å². The molecule has 1 N–H and O–H groups in total. The molecule has 0 saturated heterocycles. The number of hydrogen-bond donors (Lipinski definition) is 1. The molecule has 2 rings (SSSR count). The number of fused-ring (bicyclic) bond motifs is 1. The van der Waals surface area contributed by atoms with E-state index in [1.807, 2.05) is 12.4 Å². The predicted molar refractivity (Wildman–Crippen MR) is 91.5 cm³/mol. The molecule has 2 aromatic rings. The van der Waals surface area contributed by atoms with E-state index in [2.05, 4.69) is 55.3 Å². The Bertz CT molecular complexity index is 539. The maximum atomic E-state index is 4.26. The van der Waals surface area contributed by atoms with Crippen molar-refractivity contribution in [2.75, 3.05) is 6.54 Å². The smallest absolute Gasteiger partial charge is 0.0354 e. The Morgan fingerprint density at radius 1 is 1.05 bits per heavy atom. The lowest BCUT2D eigenvalue weighted by atomic mass is 9.84. The molecule has 0 aliphatic heterocycles. The van der Waals surface area contributed by atoms with Crippen molar-refractivity contribution < 1.29 is 0 Å². The normalized spacial score (nSPS) is 13.0. The summed E-state index contributed by atoms with van der Waals surface area (Å²) in [4.78, 5) is 4.26. The van der Waals surface area contributed by atoms with Crippen LogP contribution in [0.25, 0.3) is 10.8 Å². The Labute approximate surface area is 129 Å². The molecule has 0 fully saturated rings. The minimum atomic E-state index is 0.445. The van der Waals surface area contributed by atoms with Crippen molar-refractivity contribution >= 4 is 10.8 Å². The average Bonchev–Trinajstić information content (AvgIpc) is 2.52. The third-order valence-electron chi connectivity index (χ3n) is 4.26. The maximum absolute atomic E-state index is 4.26. The summed E-state index contributed by atoms with van der Waals surface area (Å²) in [5, 5.41) is 6.32. The molecule has 114 valence electrons. The number of rotatable bonds is 8. The van der Waals surface area contributed by atoms with Gasteiger partial charge in [-0.05, 0) is 42.3 Å². The molecule has 0 saturated carbocycles. The van der Waals surface area contributed by atoms with Crippen molar-refractivity contribution in [3.8, 4) is 0 Å². The molecule has 2 heteroatoms. The highest BCUT2D eigenvalue weighted by Gasteiger charge is 2.22. The Balaban J connectivity index is 2.43. The largest absolute Gasteiger partial charge is 0.310 e. The molecule has 2 nitrogen and oxygen atoms in total. The summed E-state index contributed by atoms with van der Waals surface area (Å²) in [5.41, 5.74) is 1.43. The molecule has 0 amide bonds. The molecule has 1 unspecified atom stereocenters. The first-order chi connectivity index (χ1) is 10.3. The minimum absolute atomic E-state index is 0.445. The van der Waals surface area contributed by atoms with Crippen molar-refractivity contribution in [3.63, 3.8) is 0 Å². The van der Waals surface area contributed by atoms with Gasteiger partial charge in [0.2, 0.25) is 0 Å². The second-order valence-corrected chi connectivity index (χ2v) is 5.82. The van der Waals surface area contributed by atoms with Gasteiger partial charge < -0.3 is 5.32 Å². The Hall–Kier alpha value is -1.41. The van der Waals surface area contributed by atoms with Crippen LogP contribution in [0.2, 0.25) is 0 Å². The maximum Gasteiger partial charge on any atom is 0.0354 e. The van der Waals surface area contributed by atoms with Crippen molar-refractivity contribution in [2.24, 2.45) is 5.92 Å². The fraction of sp³-hybridized carbons (Fsp3) is 0.526. The quantitative estimate of drug-likeness (QED) is 0.729. The Morgan fingerprint density at radius 3 is 2.48 bits per heavy atom. The van der Waals surface area contributed by atoms with E-state index >= 15 is 0 Å². The first-order valence-electron chi connectivity index (χ1n) is 8.37. The zero-order chi connectivity index (χ0) is 15.1. The highest BCUT2D eigenvalue weighted by atomic mass is 14.9. The van der Waals surface area contributed by atoms with E-state index in [9.17, 15) is 0 Å². The molecular weight excluding hydrogens is 256 g/mol. The van der Waals surface area contributed by atoms with Crippen LogP contribution < -0.4 is 5.32 Å². The lowest BCUT2D eigenvalue weighted by molar-refractivity contribution is 0.322. The lowest BCUT2D eigenvalue weighted by Gasteiger charge is -2.29. The minimum Gasteiger partial charge on any atom is -0.310 e. The lowest BCUT2D eigenvalue weighted by Crippen LogP contribution is -2.28. The van der Waals surface area contributed by atoms with Crippen LogP contribution in [0.15, 0.2) is 36.7 Å². The summed E-state index contributed by atoms with van der Waals surface area (Å²) >= 11 is 0. The van der Waals surface area contributed by atoms with Gasteiger partial charge in [0.25, 0.3) is 0 Å². The van der Waals surface area contributed by atoms with Crippen molar-refractivity contribution in [3.05, 3.63) is 42.2 Å². The monoisotopic (exact) mass is 284 g/mol. The van der Waals surface area contributed by atoms with Gasteiger partial charge >= 0.3 is 0 Å². The van der Waals surface area contributed by atoms with Crippen molar-refractivity contribution in [1.82, 2.24) is 10.3 Å². The van der Waals surface area contributed by atoms with Gasteiger partial charge in [-0.2, -0.15) is 0 Å². The molecule has 0 radical (unpaired) electrons. The van der Waals surface area contributed by atoms with E-state index in [1.165, 1.54) is 42.0 Å². The van der Waals surface area contributed by atoms with Crippen LogP contribution in [0, 0.1) is 5.92 Å². The molecule has 1 atom stereocenters. The number of aromatic nitrogens is 1. The number of pyridine rings is 1. The van der Waals surface area contributed by atoms with Crippen LogP contribution in [-0.4, -0.2) is 11.5 Å². The van der Waals surface area contributed by atoms with Gasteiger partial charge in [-0.1, -0.05) is 51.8 Å². The second kappa shape index (κ2) is 8.14. The van der Waals surface area contributed by atoms with Gasteiger partial charge in [0.15, 0.2) is 0 Å². The molecule has 1 aromatic carbocycles. The molecule has 1 heterocycles. The number of nitrogens with one attached hydrogen (secondary N) is 1. The summed E-state index contributed by atoms with van der Waals surface area (Å²) in [6.07, 6.45) is 8.94. The van der Waals surface area contributed by atoms with Gasteiger partial charge in [0, 0.05) is 23.8 Å². The summed E-state index contributed by atoms with van der Waals surface area (Å²) in [5.74, 6) is 0.707. The average molecular weight is 284 g/mol. The molecule has 1 aromatic heterocycles. The van der Waals surface area contributed by atoms with E-state index in [1.54, 1.807) is 0 Å². The van der Waals surface area contributed by atoms with Crippen LogP contribution in [0.3, 0.4) is 0 Å².